The summed E-state index contributed by atoms with van der Waals surface area (Å²) in [6, 6.07) is 12.5. The molecule has 4 rings (SSSR count). The van der Waals surface area contributed by atoms with Crippen molar-refractivity contribution in [3.63, 3.8) is 0 Å². The molecule has 3 aromatic heterocycles. The van der Waals surface area contributed by atoms with Crippen LogP contribution in [0.15, 0.2) is 60.2 Å². The predicted octanol–water partition coefficient (Wildman–Crippen LogP) is 3.61. The van der Waals surface area contributed by atoms with Crippen LogP contribution in [-0.2, 0) is 9.59 Å². The molecule has 0 spiro atoms. The van der Waals surface area contributed by atoms with Gasteiger partial charge in [-0.15, -0.1) is 11.3 Å². The van der Waals surface area contributed by atoms with E-state index in [1.54, 1.807) is 48.0 Å². The third kappa shape index (κ3) is 3.57. The molecule has 4 aromatic rings. The van der Waals surface area contributed by atoms with Gasteiger partial charge in [0.1, 0.15) is 0 Å². The Labute approximate surface area is 170 Å². The van der Waals surface area contributed by atoms with Crippen molar-refractivity contribution in [2.24, 2.45) is 0 Å². The zero-order valence-corrected chi connectivity index (χ0v) is 16.3. The first-order valence-corrected chi connectivity index (χ1v) is 9.82. The van der Waals surface area contributed by atoms with E-state index < -0.39 is 11.7 Å². The van der Waals surface area contributed by atoms with Crippen LogP contribution < -0.4 is 5.32 Å². The lowest BCUT2D eigenvalue weighted by molar-refractivity contribution is -0.134. The molecule has 1 N–H and O–H groups in total. The van der Waals surface area contributed by atoms with Crippen LogP contribution in [0.25, 0.3) is 16.9 Å². The monoisotopic (exact) mass is 404 g/mol. The number of benzene rings is 1. The number of nitrogens with one attached hydrogen (secondary N) is 1. The number of fused-ring (bicyclic) bond motifs is 1. The quantitative estimate of drug-likeness (QED) is 0.391. The molecule has 144 valence electrons. The molecule has 0 aliphatic heterocycles. The van der Waals surface area contributed by atoms with Crippen molar-refractivity contribution in [2.45, 2.75) is 13.3 Å². The van der Waals surface area contributed by atoms with Gasteiger partial charge in [-0.05, 0) is 29.6 Å². The number of rotatable bonds is 6. The second-order valence-electron chi connectivity index (χ2n) is 6.24. The number of aromatic nitrogens is 3. The van der Waals surface area contributed by atoms with Crippen LogP contribution in [0.4, 0.5) is 5.69 Å². The maximum atomic E-state index is 12.7. The summed E-state index contributed by atoms with van der Waals surface area (Å²) in [5, 5.41) is 8.81. The second kappa shape index (κ2) is 7.76. The lowest BCUT2D eigenvalue weighted by Crippen LogP contribution is -2.21. The maximum Gasteiger partial charge on any atom is 0.291 e. The first kappa shape index (κ1) is 18.7. The number of ketones is 2. The SMILES string of the molecule is CCC(=O)C(=O)Nc1cccc(-c2ccnc3c(C(=O)c4cccs4)cnn23)c1. The molecule has 1 aromatic carbocycles. The van der Waals surface area contributed by atoms with Gasteiger partial charge >= 0.3 is 0 Å². The van der Waals surface area contributed by atoms with Gasteiger partial charge < -0.3 is 5.32 Å². The lowest BCUT2D eigenvalue weighted by Gasteiger charge is -2.08. The molecule has 3 heterocycles. The van der Waals surface area contributed by atoms with Gasteiger partial charge in [0.25, 0.3) is 5.91 Å². The zero-order chi connectivity index (χ0) is 20.4. The summed E-state index contributed by atoms with van der Waals surface area (Å²) >= 11 is 1.37. The van der Waals surface area contributed by atoms with Crippen molar-refractivity contribution in [1.29, 1.82) is 0 Å². The summed E-state index contributed by atoms with van der Waals surface area (Å²) in [6.45, 7) is 1.64. The molecule has 0 aliphatic carbocycles. The smallest absolute Gasteiger partial charge is 0.291 e. The molecule has 0 bridgehead atoms. The molecule has 0 aliphatic rings. The van der Waals surface area contributed by atoms with Crippen LogP contribution in [0.5, 0.6) is 0 Å². The molecule has 0 saturated heterocycles. The van der Waals surface area contributed by atoms with E-state index in [-0.39, 0.29) is 12.2 Å². The Morgan fingerprint density at radius 1 is 1.14 bits per heavy atom. The first-order valence-electron chi connectivity index (χ1n) is 8.94. The molecule has 7 nitrogen and oxygen atoms in total. The topological polar surface area (TPSA) is 93.4 Å². The summed E-state index contributed by atoms with van der Waals surface area (Å²) in [7, 11) is 0. The van der Waals surface area contributed by atoms with Crippen LogP contribution in [0.1, 0.15) is 28.6 Å². The summed E-state index contributed by atoms with van der Waals surface area (Å²) < 4.78 is 1.60. The molecule has 0 fully saturated rings. The van der Waals surface area contributed by atoms with Crippen molar-refractivity contribution in [1.82, 2.24) is 14.6 Å². The number of hydrogen-bond donors (Lipinski definition) is 1. The number of Topliss-reactive ketones (excluding diaryl/α,β-unsaturated/α-hetero) is 1. The number of carbonyl (C=O) groups is 3. The largest absolute Gasteiger partial charge is 0.319 e. The van der Waals surface area contributed by atoms with E-state index in [1.165, 1.54) is 17.5 Å². The van der Waals surface area contributed by atoms with Gasteiger partial charge in [-0.3, -0.25) is 14.4 Å². The van der Waals surface area contributed by atoms with Crippen molar-refractivity contribution >= 4 is 40.1 Å². The minimum atomic E-state index is -0.646. The molecule has 29 heavy (non-hydrogen) atoms. The van der Waals surface area contributed by atoms with Crippen molar-refractivity contribution in [2.75, 3.05) is 5.32 Å². The molecule has 8 heteroatoms. The number of nitrogens with zero attached hydrogens (tertiary/aromatic N) is 3. The molecular formula is C21H16N4O3S. The van der Waals surface area contributed by atoms with Gasteiger partial charge in [0, 0.05) is 23.9 Å². The number of anilines is 1. The zero-order valence-electron chi connectivity index (χ0n) is 15.5. The van der Waals surface area contributed by atoms with E-state index in [4.69, 9.17) is 0 Å². The Kier molecular flexibility index (Phi) is 5.01. The van der Waals surface area contributed by atoms with Crippen LogP contribution in [0.3, 0.4) is 0 Å². The van der Waals surface area contributed by atoms with Crippen LogP contribution in [0, 0.1) is 0 Å². The molecule has 0 radical (unpaired) electrons. The third-order valence-electron chi connectivity index (χ3n) is 4.38. The predicted molar refractivity (Wildman–Crippen MR) is 110 cm³/mol. The van der Waals surface area contributed by atoms with Gasteiger partial charge in [-0.1, -0.05) is 25.1 Å². The first-order chi connectivity index (χ1) is 14.1. The van der Waals surface area contributed by atoms with E-state index in [1.807, 2.05) is 17.5 Å². The minimum Gasteiger partial charge on any atom is -0.319 e. The highest BCUT2D eigenvalue weighted by Gasteiger charge is 2.18. The van der Waals surface area contributed by atoms with Gasteiger partial charge in [0.15, 0.2) is 5.65 Å². The normalized spacial score (nSPS) is 10.8. The fourth-order valence-electron chi connectivity index (χ4n) is 2.93. The number of amides is 1. The van der Waals surface area contributed by atoms with Gasteiger partial charge in [0.05, 0.1) is 22.3 Å². The summed E-state index contributed by atoms with van der Waals surface area (Å²) in [6.07, 6.45) is 3.27. The average molecular weight is 404 g/mol. The van der Waals surface area contributed by atoms with E-state index in [9.17, 15) is 14.4 Å². The van der Waals surface area contributed by atoms with Crippen molar-refractivity contribution in [3.8, 4) is 11.3 Å². The molecular weight excluding hydrogens is 388 g/mol. The number of thiophene rings is 1. The highest BCUT2D eigenvalue weighted by atomic mass is 32.1. The van der Waals surface area contributed by atoms with Gasteiger partial charge in [-0.25, -0.2) is 9.50 Å². The van der Waals surface area contributed by atoms with Crippen molar-refractivity contribution < 1.29 is 14.4 Å². The van der Waals surface area contributed by atoms with E-state index in [0.717, 1.165) is 5.56 Å². The number of carbonyl (C=O) groups excluding carboxylic acids is 3. The Hall–Kier alpha value is -3.65. The van der Waals surface area contributed by atoms with E-state index >= 15 is 0 Å². The Bertz CT molecular complexity index is 1230. The van der Waals surface area contributed by atoms with Gasteiger partial charge in [-0.2, -0.15) is 5.10 Å². The fraction of sp³-hybridized carbons (Fsp3) is 0.0952. The second-order valence-corrected chi connectivity index (χ2v) is 7.19. The Morgan fingerprint density at radius 3 is 2.76 bits per heavy atom. The van der Waals surface area contributed by atoms with Crippen LogP contribution >= 0.6 is 11.3 Å². The Balaban J connectivity index is 1.72. The fourth-order valence-corrected chi connectivity index (χ4v) is 3.61. The lowest BCUT2D eigenvalue weighted by atomic mass is 10.1. The highest BCUT2D eigenvalue weighted by Crippen LogP contribution is 2.25. The summed E-state index contributed by atoms with van der Waals surface area (Å²) in [5.41, 5.74) is 2.85. The van der Waals surface area contributed by atoms with E-state index in [0.29, 0.717) is 27.5 Å². The molecule has 0 atom stereocenters. The molecule has 1 amide bonds. The van der Waals surface area contributed by atoms with E-state index in [2.05, 4.69) is 15.4 Å². The molecule has 0 saturated carbocycles. The Morgan fingerprint density at radius 2 is 2.00 bits per heavy atom. The summed E-state index contributed by atoms with van der Waals surface area (Å²) in [5.74, 6) is -1.25. The van der Waals surface area contributed by atoms with Crippen LogP contribution in [0.2, 0.25) is 0 Å². The standard InChI is InChI=1S/C21H16N4O3S/c1-2-17(26)21(28)24-14-6-3-5-13(11-14)16-8-9-22-20-15(12-23-25(16)20)19(27)18-7-4-10-29-18/h3-12H,2H2,1H3,(H,24,28). The highest BCUT2D eigenvalue weighted by molar-refractivity contribution is 7.12. The van der Waals surface area contributed by atoms with Crippen molar-refractivity contribution in [3.05, 3.63) is 70.7 Å². The third-order valence-corrected chi connectivity index (χ3v) is 5.25. The molecule has 0 unspecified atom stereocenters. The maximum absolute atomic E-state index is 12.7. The van der Waals surface area contributed by atoms with Gasteiger partial charge in [0.2, 0.25) is 11.6 Å². The average Bonchev–Trinajstić information content (AvgIpc) is 3.42. The minimum absolute atomic E-state index is 0.126. The summed E-state index contributed by atoms with van der Waals surface area (Å²) in [4.78, 5) is 41.1. The number of hydrogen-bond acceptors (Lipinski definition) is 6. The van der Waals surface area contributed by atoms with Crippen LogP contribution in [-0.4, -0.2) is 32.1 Å².